The predicted molar refractivity (Wildman–Crippen MR) is 98.8 cm³/mol. The van der Waals surface area contributed by atoms with Crippen LogP contribution in [0, 0.1) is 0 Å². The van der Waals surface area contributed by atoms with E-state index in [2.05, 4.69) is 31.2 Å². The number of nitrogens with one attached hydrogen (secondary N) is 1. The molecule has 0 aliphatic heterocycles. The summed E-state index contributed by atoms with van der Waals surface area (Å²) in [6.45, 7) is 0. The van der Waals surface area contributed by atoms with E-state index >= 15 is 0 Å². The third-order valence-electron chi connectivity index (χ3n) is 3.39. The summed E-state index contributed by atoms with van der Waals surface area (Å²) in [6.07, 6.45) is 0. The smallest absolute Gasteiger partial charge is 0.348 e. The maximum absolute atomic E-state index is 12.0. The predicted octanol–water partition coefficient (Wildman–Crippen LogP) is 4.82. The first kappa shape index (κ1) is 15.0. The summed E-state index contributed by atoms with van der Waals surface area (Å²) in [5, 5.41) is 5.96. The van der Waals surface area contributed by atoms with Crippen molar-refractivity contribution < 1.29 is 4.42 Å². The maximum Gasteiger partial charge on any atom is 0.348 e. The molecule has 2 heterocycles. The highest BCUT2D eigenvalue weighted by Gasteiger charge is 2.09. The fraction of sp³-hybridized carbons (Fsp3) is 0. The Labute approximate surface area is 149 Å². The standard InChI is InChI=1S/C17H10BrN3O2S/c18-11-7-5-10(6-8-11)14-9-24-17(20-14)21-16-19-13-4-2-1-3-12(13)15(22)23-16/h1-9H,(H,19,20,21). The van der Waals surface area contributed by atoms with Gasteiger partial charge in [0.1, 0.15) is 0 Å². The van der Waals surface area contributed by atoms with Gasteiger partial charge in [-0.25, -0.2) is 9.78 Å². The van der Waals surface area contributed by atoms with Crippen LogP contribution in [0.3, 0.4) is 0 Å². The molecule has 0 atom stereocenters. The van der Waals surface area contributed by atoms with Crippen LogP contribution >= 0.6 is 27.3 Å². The van der Waals surface area contributed by atoms with Crippen LogP contribution < -0.4 is 10.9 Å². The van der Waals surface area contributed by atoms with Crippen LogP contribution in [0.5, 0.6) is 0 Å². The normalized spacial score (nSPS) is 10.9. The topological polar surface area (TPSA) is 68.0 Å². The first-order chi connectivity index (χ1) is 11.7. The highest BCUT2D eigenvalue weighted by atomic mass is 79.9. The van der Waals surface area contributed by atoms with Gasteiger partial charge in [-0.15, -0.1) is 11.3 Å². The van der Waals surface area contributed by atoms with Gasteiger partial charge in [0, 0.05) is 15.4 Å². The van der Waals surface area contributed by atoms with Gasteiger partial charge in [-0.3, -0.25) is 5.32 Å². The van der Waals surface area contributed by atoms with Gasteiger partial charge in [0.05, 0.1) is 16.6 Å². The molecule has 0 fully saturated rings. The van der Waals surface area contributed by atoms with Crippen LogP contribution in [0.15, 0.2) is 67.6 Å². The van der Waals surface area contributed by atoms with Crippen molar-refractivity contribution in [1.82, 2.24) is 9.97 Å². The summed E-state index contributed by atoms with van der Waals surface area (Å²) < 4.78 is 6.22. The number of hydrogen-bond acceptors (Lipinski definition) is 6. The summed E-state index contributed by atoms with van der Waals surface area (Å²) >= 11 is 4.83. The van der Waals surface area contributed by atoms with E-state index in [1.165, 1.54) is 11.3 Å². The Morgan fingerprint density at radius 3 is 2.67 bits per heavy atom. The third-order valence-corrected chi connectivity index (χ3v) is 4.68. The Morgan fingerprint density at radius 1 is 1.04 bits per heavy atom. The van der Waals surface area contributed by atoms with Crippen molar-refractivity contribution >= 4 is 49.3 Å². The summed E-state index contributed by atoms with van der Waals surface area (Å²) in [6, 6.07) is 15.1. The van der Waals surface area contributed by atoms with Crippen molar-refractivity contribution in [2.75, 3.05) is 5.32 Å². The van der Waals surface area contributed by atoms with Crippen LogP contribution in [-0.4, -0.2) is 9.97 Å². The molecule has 0 aliphatic carbocycles. The van der Waals surface area contributed by atoms with Crippen molar-refractivity contribution in [3.05, 3.63) is 68.8 Å². The molecule has 0 amide bonds. The van der Waals surface area contributed by atoms with E-state index in [4.69, 9.17) is 4.42 Å². The molecule has 0 saturated heterocycles. The molecule has 24 heavy (non-hydrogen) atoms. The van der Waals surface area contributed by atoms with Crippen molar-refractivity contribution in [1.29, 1.82) is 0 Å². The highest BCUT2D eigenvalue weighted by molar-refractivity contribution is 9.10. The van der Waals surface area contributed by atoms with Crippen LogP contribution in [-0.2, 0) is 0 Å². The van der Waals surface area contributed by atoms with E-state index in [-0.39, 0.29) is 6.01 Å². The molecule has 0 aliphatic rings. The molecule has 2 aromatic carbocycles. The molecule has 1 N–H and O–H groups in total. The molecule has 0 unspecified atom stereocenters. The second kappa shape index (κ2) is 6.18. The molecule has 0 spiro atoms. The first-order valence-corrected chi connectivity index (χ1v) is 8.75. The van der Waals surface area contributed by atoms with Crippen LogP contribution in [0.1, 0.15) is 0 Å². The molecule has 0 bridgehead atoms. The minimum atomic E-state index is -0.423. The van der Waals surface area contributed by atoms with Crippen LogP contribution in [0.25, 0.3) is 22.2 Å². The van der Waals surface area contributed by atoms with E-state index in [0.717, 1.165) is 15.7 Å². The summed E-state index contributed by atoms with van der Waals surface area (Å²) in [5.74, 6) is 0. The molecule has 0 radical (unpaired) electrons. The van der Waals surface area contributed by atoms with Gasteiger partial charge in [-0.1, -0.05) is 40.2 Å². The van der Waals surface area contributed by atoms with E-state index in [1.807, 2.05) is 35.7 Å². The molecule has 0 saturated carbocycles. The van der Waals surface area contributed by atoms with Gasteiger partial charge >= 0.3 is 11.6 Å². The van der Waals surface area contributed by atoms with Gasteiger partial charge in [0.2, 0.25) is 0 Å². The molecule has 118 valence electrons. The summed E-state index contributed by atoms with van der Waals surface area (Å²) in [5.41, 5.74) is 2.02. The lowest BCUT2D eigenvalue weighted by atomic mass is 10.2. The molecule has 7 heteroatoms. The number of nitrogens with zero attached hydrogens (tertiary/aromatic N) is 2. The molecule has 2 aromatic heterocycles. The summed E-state index contributed by atoms with van der Waals surface area (Å²) in [7, 11) is 0. The number of hydrogen-bond donors (Lipinski definition) is 1. The fourth-order valence-electron chi connectivity index (χ4n) is 2.25. The number of anilines is 2. The molecule has 4 aromatic rings. The largest absolute Gasteiger partial charge is 0.388 e. The number of fused-ring (bicyclic) bond motifs is 1. The molecule has 5 nitrogen and oxygen atoms in total. The zero-order valence-electron chi connectivity index (χ0n) is 12.2. The average molecular weight is 400 g/mol. The number of thiazole rings is 1. The van der Waals surface area contributed by atoms with Crippen molar-refractivity contribution in [2.24, 2.45) is 0 Å². The lowest BCUT2D eigenvalue weighted by Crippen LogP contribution is -2.04. The second-order valence-electron chi connectivity index (χ2n) is 4.99. The van der Waals surface area contributed by atoms with Gasteiger partial charge in [0.25, 0.3) is 0 Å². The zero-order chi connectivity index (χ0) is 16.5. The lowest BCUT2D eigenvalue weighted by molar-refractivity contribution is 0.522. The number of benzene rings is 2. The van der Waals surface area contributed by atoms with Gasteiger partial charge in [-0.05, 0) is 24.3 Å². The monoisotopic (exact) mass is 399 g/mol. The third kappa shape index (κ3) is 2.95. The van der Waals surface area contributed by atoms with E-state index in [0.29, 0.717) is 16.0 Å². The number of aromatic nitrogens is 2. The van der Waals surface area contributed by atoms with E-state index in [1.54, 1.807) is 18.2 Å². The van der Waals surface area contributed by atoms with Gasteiger partial charge in [-0.2, -0.15) is 4.98 Å². The maximum atomic E-state index is 12.0. The Bertz CT molecular complexity index is 1070. The van der Waals surface area contributed by atoms with Crippen LogP contribution in [0.4, 0.5) is 11.1 Å². The van der Waals surface area contributed by atoms with Crippen molar-refractivity contribution in [2.45, 2.75) is 0 Å². The van der Waals surface area contributed by atoms with E-state index in [9.17, 15) is 4.79 Å². The molecular formula is C17H10BrN3O2S. The Kier molecular flexibility index (Phi) is 3.87. The number of halogens is 1. The molecular weight excluding hydrogens is 390 g/mol. The average Bonchev–Trinajstić information content (AvgIpc) is 3.04. The van der Waals surface area contributed by atoms with Crippen molar-refractivity contribution in [3.8, 4) is 11.3 Å². The number of rotatable bonds is 3. The minimum absolute atomic E-state index is 0.135. The Hall–Kier alpha value is -2.51. The first-order valence-electron chi connectivity index (χ1n) is 7.07. The van der Waals surface area contributed by atoms with Gasteiger partial charge < -0.3 is 4.42 Å². The Morgan fingerprint density at radius 2 is 1.83 bits per heavy atom. The van der Waals surface area contributed by atoms with Crippen molar-refractivity contribution in [3.63, 3.8) is 0 Å². The molecule has 4 rings (SSSR count). The zero-order valence-corrected chi connectivity index (χ0v) is 14.6. The highest BCUT2D eigenvalue weighted by Crippen LogP contribution is 2.27. The fourth-order valence-corrected chi connectivity index (χ4v) is 3.22. The SMILES string of the molecule is O=c1oc(Nc2nc(-c3ccc(Br)cc3)cs2)nc2ccccc12. The quantitative estimate of drug-likeness (QED) is 0.534. The number of para-hydroxylation sites is 1. The van der Waals surface area contributed by atoms with Gasteiger partial charge in [0.15, 0.2) is 5.13 Å². The van der Waals surface area contributed by atoms with E-state index < -0.39 is 5.63 Å². The second-order valence-corrected chi connectivity index (χ2v) is 6.77. The minimum Gasteiger partial charge on any atom is -0.388 e. The lowest BCUT2D eigenvalue weighted by Gasteiger charge is -2.01. The summed E-state index contributed by atoms with van der Waals surface area (Å²) in [4.78, 5) is 20.8. The Balaban J connectivity index is 1.64. The van der Waals surface area contributed by atoms with Crippen LogP contribution in [0.2, 0.25) is 0 Å².